The van der Waals surface area contributed by atoms with Crippen molar-refractivity contribution in [3.05, 3.63) is 23.5 Å². The highest BCUT2D eigenvalue weighted by Gasteiger charge is 2.57. The van der Waals surface area contributed by atoms with Gasteiger partial charge < -0.3 is 14.6 Å². The van der Waals surface area contributed by atoms with Crippen LogP contribution in [-0.4, -0.2) is 24.1 Å². The van der Waals surface area contributed by atoms with Gasteiger partial charge in [-0.25, -0.2) is 0 Å². The van der Waals surface area contributed by atoms with Crippen LogP contribution >= 0.6 is 0 Å². The van der Waals surface area contributed by atoms with Crippen LogP contribution in [0.3, 0.4) is 0 Å². The lowest BCUT2D eigenvalue weighted by atomic mass is 9.48. The highest BCUT2D eigenvalue weighted by Crippen LogP contribution is 2.64. The lowest BCUT2D eigenvalue weighted by molar-refractivity contribution is -0.195. The predicted octanol–water partition coefficient (Wildman–Crippen LogP) is 5.91. The van der Waals surface area contributed by atoms with Gasteiger partial charge in [0.05, 0.1) is 11.9 Å². The summed E-state index contributed by atoms with van der Waals surface area (Å²) in [6, 6.07) is 0. The van der Waals surface area contributed by atoms with Crippen LogP contribution in [0.25, 0.3) is 0 Å². The van der Waals surface area contributed by atoms with Gasteiger partial charge >= 0.3 is 0 Å². The molecule has 0 amide bonds. The van der Waals surface area contributed by atoms with E-state index < -0.39 is 0 Å². The normalized spacial score (nSPS) is 49.5. The van der Waals surface area contributed by atoms with Crippen LogP contribution in [-0.2, 0) is 9.47 Å². The number of hydrogen-bond donors (Lipinski definition) is 1. The summed E-state index contributed by atoms with van der Waals surface area (Å²) in [5, 5.41) is 10.5. The number of aliphatic hydroxyl groups excluding tert-OH is 1. The summed E-state index contributed by atoms with van der Waals surface area (Å²) in [4.78, 5) is 0. The maximum Gasteiger partial charge on any atom is 0.157 e. The monoisotopic (exact) mass is 372 g/mol. The van der Waals surface area contributed by atoms with Crippen molar-refractivity contribution in [1.29, 1.82) is 0 Å². The molecule has 0 spiro atoms. The Labute approximate surface area is 164 Å². The van der Waals surface area contributed by atoms with E-state index in [9.17, 15) is 5.11 Å². The summed E-state index contributed by atoms with van der Waals surface area (Å²) in [6.07, 6.45) is 16.8. The number of allylic oxidation sites excluding steroid dienone is 3. The van der Waals surface area contributed by atoms with Crippen molar-refractivity contribution in [1.82, 2.24) is 0 Å². The van der Waals surface area contributed by atoms with E-state index in [4.69, 9.17) is 9.47 Å². The maximum absolute atomic E-state index is 10.5. The molecule has 5 rings (SSSR count). The van der Waals surface area contributed by atoms with Gasteiger partial charge in [0.15, 0.2) is 6.29 Å². The zero-order valence-corrected chi connectivity index (χ0v) is 17.1. The first-order valence-electron chi connectivity index (χ1n) is 11.4. The van der Waals surface area contributed by atoms with E-state index >= 15 is 0 Å². The molecule has 0 aromatic carbocycles. The molecule has 0 aromatic rings. The fourth-order valence-electron chi connectivity index (χ4n) is 7.32. The molecule has 0 aromatic heterocycles. The van der Waals surface area contributed by atoms with E-state index in [1.165, 1.54) is 38.5 Å². The van der Waals surface area contributed by atoms with Gasteiger partial charge in [0.25, 0.3) is 0 Å². The highest BCUT2D eigenvalue weighted by molar-refractivity contribution is 5.28. The summed E-state index contributed by atoms with van der Waals surface area (Å²) in [5.74, 6) is 2.82. The zero-order valence-electron chi connectivity index (χ0n) is 17.1. The Morgan fingerprint density at radius 2 is 1.85 bits per heavy atom. The molecule has 0 bridgehead atoms. The molecular weight excluding hydrogens is 336 g/mol. The van der Waals surface area contributed by atoms with Gasteiger partial charge in [0.1, 0.15) is 0 Å². The number of hydrogen-bond acceptors (Lipinski definition) is 3. The fraction of sp³-hybridized carbons (Fsp3) is 0.833. The van der Waals surface area contributed by atoms with Crippen molar-refractivity contribution in [3.8, 4) is 0 Å². The van der Waals surface area contributed by atoms with Gasteiger partial charge in [0.2, 0.25) is 0 Å². The molecule has 3 heteroatoms. The summed E-state index contributed by atoms with van der Waals surface area (Å²) < 4.78 is 12.2. The standard InChI is InChI=1S/C24H36O3/c1-23-12-10-17(27-22-5-3-4-14-26-22)15-16(23)6-7-18-19-8-9-21(25)24(19,2)13-11-20(18)23/h6,9,17-20,22,25H,3-5,7-8,10-15H2,1-2H3/t17?,18?,19?,20?,22?,23-,24-/m0/s1. The summed E-state index contributed by atoms with van der Waals surface area (Å²) >= 11 is 0. The van der Waals surface area contributed by atoms with E-state index in [0.717, 1.165) is 44.1 Å². The first kappa shape index (κ1) is 18.2. The lowest BCUT2D eigenvalue weighted by Gasteiger charge is -2.57. The van der Waals surface area contributed by atoms with Crippen LogP contribution in [0.5, 0.6) is 0 Å². The van der Waals surface area contributed by atoms with E-state index in [1.807, 2.05) is 0 Å². The molecular formula is C24H36O3. The minimum absolute atomic E-state index is 0.0352. The van der Waals surface area contributed by atoms with Crippen molar-refractivity contribution in [3.63, 3.8) is 0 Å². The molecule has 1 N–H and O–H groups in total. The molecule has 27 heavy (non-hydrogen) atoms. The second-order valence-corrected chi connectivity index (χ2v) is 10.3. The minimum atomic E-state index is 0.0352. The minimum Gasteiger partial charge on any atom is -0.512 e. The first-order chi connectivity index (χ1) is 13.0. The van der Waals surface area contributed by atoms with E-state index in [0.29, 0.717) is 23.2 Å². The topological polar surface area (TPSA) is 38.7 Å². The summed E-state index contributed by atoms with van der Waals surface area (Å²) in [5.41, 5.74) is 2.05. The molecule has 3 fully saturated rings. The van der Waals surface area contributed by atoms with E-state index in [1.54, 1.807) is 5.57 Å². The Kier molecular flexibility index (Phi) is 4.48. The Bertz CT molecular complexity index is 646. The molecule has 2 saturated carbocycles. The van der Waals surface area contributed by atoms with Gasteiger partial charge in [-0.15, -0.1) is 0 Å². The van der Waals surface area contributed by atoms with Gasteiger partial charge in [-0.1, -0.05) is 25.5 Å². The van der Waals surface area contributed by atoms with Gasteiger partial charge in [-0.2, -0.15) is 0 Å². The SMILES string of the molecule is C[C@]12CCC(OC3CCCCO3)CC1=CCC1C2CC[C@]2(C)C(O)=CCC12. The lowest BCUT2D eigenvalue weighted by Crippen LogP contribution is -2.50. The molecule has 4 aliphatic carbocycles. The van der Waals surface area contributed by atoms with Crippen LogP contribution < -0.4 is 0 Å². The number of ether oxygens (including phenoxy) is 2. The molecule has 3 nitrogen and oxygen atoms in total. The first-order valence-corrected chi connectivity index (χ1v) is 11.4. The number of rotatable bonds is 2. The van der Waals surface area contributed by atoms with Crippen molar-refractivity contribution in [2.45, 2.75) is 90.4 Å². The van der Waals surface area contributed by atoms with Gasteiger partial charge in [-0.05, 0) is 93.5 Å². The number of aliphatic hydroxyl groups is 1. The Morgan fingerprint density at radius 1 is 1.00 bits per heavy atom. The summed E-state index contributed by atoms with van der Waals surface area (Å²) in [6.45, 7) is 5.71. The quantitative estimate of drug-likeness (QED) is 0.612. The van der Waals surface area contributed by atoms with Crippen molar-refractivity contribution in [2.75, 3.05) is 6.61 Å². The molecule has 5 unspecified atom stereocenters. The number of fused-ring (bicyclic) bond motifs is 5. The molecule has 0 radical (unpaired) electrons. The Balaban J connectivity index is 1.32. The molecule has 1 aliphatic heterocycles. The van der Waals surface area contributed by atoms with Crippen molar-refractivity contribution >= 4 is 0 Å². The van der Waals surface area contributed by atoms with Crippen molar-refractivity contribution in [2.24, 2.45) is 28.6 Å². The molecule has 5 aliphatic rings. The molecule has 7 atom stereocenters. The Morgan fingerprint density at radius 3 is 2.67 bits per heavy atom. The van der Waals surface area contributed by atoms with Gasteiger partial charge in [0, 0.05) is 12.0 Å². The largest absolute Gasteiger partial charge is 0.512 e. The fourth-order valence-corrected chi connectivity index (χ4v) is 7.32. The van der Waals surface area contributed by atoms with E-state index in [2.05, 4.69) is 26.0 Å². The van der Waals surface area contributed by atoms with Crippen LogP contribution in [0.1, 0.15) is 78.1 Å². The van der Waals surface area contributed by atoms with Crippen LogP contribution in [0.15, 0.2) is 23.5 Å². The molecule has 150 valence electrons. The van der Waals surface area contributed by atoms with Gasteiger partial charge in [-0.3, -0.25) is 0 Å². The second kappa shape index (κ2) is 6.62. The van der Waals surface area contributed by atoms with Crippen molar-refractivity contribution < 1.29 is 14.6 Å². The maximum atomic E-state index is 10.5. The van der Waals surface area contributed by atoms with E-state index in [-0.39, 0.29) is 11.7 Å². The van der Waals surface area contributed by atoms with Crippen LogP contribution in [0.4, 0.5) is 0 Å². The summed E-state index contributed by atoms with van der Waals surface area (Å²) in [7, 11) is 0. The average molecular weight is 373 g/mol. The zero-order chi connectivity index (χ0) is 18.6. The Hall–Kier alpha value is -0.800. The third-order valence-corrected chi connectivity index (χ3v) is 9.08. The van der Waals surface area contributed by atoms with Crippen LogP contribution in [0.2, 0.25) is 0 Å². The molecule has 1 saturated heterocycles. The third kappa shape index (κ3) is 2.83. The smallest absolute Gasteiger partial charge is 0.157 e. The second-order valence-electron chi connectivity index (χ2n) is 10.3. The highest BCUT2D eigenvalue weighted by atomic mass is 16.7. The molecule has 1 heterocycles. The third-order valence-electron chi connectivity index (χ3n) is 9.08. The average Bonchev–Trinajstić information content (AvgIpc) is 2.98. The predicted molar refractivity (Wildman–Crippen MR) is 106 cm³/mol. The van der Waals surface area contributed by atoms with Crippen LogP contribution in [0, 0.1) is 28.6 Å².